The van der Waals surface area contributed by atoms with Gasteiger partial charge in [0, 0.05) is 22.7 Å². The average molecular weight is 353 g/mol. The van der Waals surface area contributed by atoms with E-state index < -0.39 is 11.7 Å². The van der Waals surface area contributed by atoms with E-state index in [1.165, 1.54) is 6.07 Å². The number of benzene rings is 1. The number of rotatable bonds is 4. The van der Waals surface area contributed by atoms with Crippen molar-refractivity contribution in [2.75, 3.05) is 11.9 Å². The summed E-state index contributed by atoms with van der Waals surface area (Å²) in [6.45, 7) is 6.81. The summed E-state index contributed by atoms with van der Waals surface area (Å²) in [5, 5.41) is 3.07. The van der Waals surface area contributed by atoms with Crippen molar-refractivity contribution in [2.45, 2.75) is 39.4 Å². The predicted molar refractivity (Wildman–Crippen MR) is 79.7 cm³/mol. The van der Waals surface area contributed by atoms with Gasteiger partial charge >= 0.3 is 6.18 Å². The molecule has 0 radical (unpaired) electrons. The Labute approximate surface area is 126 Å². The molecule has 0 saturated heterocycles. The number of hydrogen-bond acceptors (Lipinski definition) is 2. The zero-order chi connectivity index (χ0) is 15.6. The molecular weight excluding hydrogens is 333 g/mol. The largest absolute Gasteiger partial charge is 0.416 e. The van der Waals surface area contributed by atoms with E-state index in [0.717, 1.165) is 18.6 Å². The molecule has 0 aromatic heterocycles. The van der Waals surface area contributed by atoms with E-state index >= 15 is 0 Å². The molecule has 20 heavy (non-hydrogen) atoms. The summed E-state index contributed by atoms with van der Waals surface area (Å²) < 4.78 is 38.0. The van der Waals surface area contributed by atoms with Crippen LogP contribution >= 0.6 is 15.9 Å². The maximum atomic E-state index is 12.5. The molecule has 0 aliphatic carbocycles. The van der Waals surface area contributed by atoms with Crippen molar-refractivity contribution in [3.8, 4) is 0 Å². The Bertz CT molecular complexity index is 453. The summed E-state index contributed by atoms with van der Waals surface area (Å²) in [4.78, 5) is 0. The van der Waals surface area contributed by atoms with Crippen molar-refractivity contribution in [1.82, 2.24) is 0 Å². The summed E-state index contributed by atoms with van der Waals surface area (Å²) in [5.41, 5.74) is 6.06. The molecular formula is C14H20BrF3N2. The first-order chi connectivity index (χ1) is 8.99. The first kappa shape index (κ1) is 17.3. The molecule has 1 atom stereocenters. The second-order valence-corrected chi connectivity index (χ2v) is 6.95. The standard InChI is InChI=1S/C14H20BrF3N2/c1-13(2,3)7-10(19)8-20-12-5-4-9(6-11(12)15)14(16,17)18/h4-6,10,20H,7-8,19H2,1-3H3. The van der Waals surface area contributed by atoms with Crippen molar-refractivity contribution in [1.29, 1.82) is 0 Å². The van der Waals surface area contributed by atoms with Gasteiger partial charge in [0.05, 0.1) is 5.56 Å². The molecule has 3 N–H and O–H groups in total. The Morgan fingerprint density at radius 1 is 1.25 bits per heavy atom. The van der Waals surface area contributed by atoms with Crippen LogP contribution in [0.25, 0.3) is 0 Å². The van der Waals surface area contributed by atoms with E-state index in [0.29, 0.717) is 16.7 Å². The minimum absolute atomic E-state index is 0.0517. The van der Waals surface area contributed by atoms with Crippen LogP contribution < -0.4 is 11.1 Å². The minimum Gasteiger partial charge on any atom is -0.383 e. The van der Waals surface area contributed by atoms with Gasteiger partial charge in [0.25, 0.3) is 0 Å². The van der Waals surface area contributed by atoms with Gasteiger partial charge in [-0.25, -0.2) is 0 Å². The molecule has 1 aromatic carbocycles. The van der Waals surface area contributed by atoms with E-state index in [4.69, 9.17) is 5.73 Å². The minimum atomic E-state index is -4.33. The van der Waals surface area contributed by atoms with E-state index in [1.807, 2.05) is 0 Å². The van der Waals surface area contributed by atoms with Gasteiger partial charge in [-0.1, -0.05) is 20.8 Å². The van der Waals surface area contributed by atoms with Crippen LogP contribution in [0.5, 0.6) is 0 Å². The Kier molecular flexibility index (Phi) is 5.49. The predicted octanol–water partition coefficient (Wildman–Crippen LogP) is 4.64. The first-order valence-electron chi connectivity index (χ1n) is 6.35. The average Bonchev–Trinajstić information content (AvgIpc) is 2.23. The number of alkyl halides is 3. The normalized spacial score (nSPS) is 14.2. The highest BCUT2D eigenvalue weighted by atomic mass is 79.9. The van der Waals surface area contributed by atoms with E-state index in [-0.39, 0.29) is 11.5 Å². The van der Waals surface area contributed by atoms with Crippen molar-refractivity contribution in [3.05, 3.63) is 28.2 Å². The van der Waals surface area contributed by atoms with Gasteiger partial charge in [-0.3, -0.25) is 0 Å². The smallest absolute Gasteiger partial charge is 0.383 e. The molecule has 0 fully saturated rings. The van der Waals surface area contributed by atoms with Crippen LogP contribution in [-0.2, 0) is 6.18 Å². The van der Waals surface area contributed by atoms with E-state index in [2.05, 4.69) is 42.0 Å². The van der Waals surface area contributed by atoms with Crippen LogP contribution in [0.15, 0.2) is 22.7 Å². The first-order valence-corrected chi connectivity index (χ1v) is 7.14. The quantitative estimate of drug-likeness (QED) is 0.827. The number of nitrogens with one attached hydrogen (secondary N) is 1. The zero-order valence-corrected chi connectivity index (χ0v) is 13.4. The molecule has 0 spiro atoms. The van der Waals surface area contributed by atoms with E-state index in [9.17, 15) is 13.2 Å². The molecule has 1 unspecified atom stereocenters. The lowest BCUT2D eigenvalue weighted by molar-refractivity contribution is -0.137. The van der Waals surface area contributed by atoms with Gasteiger partial charge in [0.2, 0.25) is 0 Å². The summed E-state index contributed by atoms with van der Waals surface area (Å²) in [5.74, 6) is 0. The van der Waals surface area contributed by atoms with Crippen LogP contribution in [-0.4, -0.2) is 12.6 Å². The van der Waals surface area contributed by atoms with Crippen LogP contribution in [0.3, 0.4) is 0 Å². The van der Waals surface area contributed by atoms with E-state index in [1.54, 1.807) is 0 Å². The molecule has 6 heteroatoms. The third kappa shape index (κ3) is 5.71. The van der Waals surface area contributed by atoms with Gasteiger partial charge in [0.15, 0.2) is 0 Å². The Balaban J connectivity index is 2.66. The number of anilines is 1. The lowest BCUT2D eigenvalue weighted by Crippen LogP contribution is -2.33. The maximum absolute atomic E-state index is 12.5. The van der Waals surface area contributed by atoms with Crippen LogP contribution in [0.4, 0.5) is 18.9 Å². The van der Waals surface area contributed by atoms with Crippen LogP contribution in [0.1, 0.15) is 32.8 Å². The number of hydrogen-bond donors (Lipinski definition) is 2. The third-order valence-electron chi connectivity index (χ3n) is 2.73. The van der Waals surface area contributed by atoms with Gasteiger partial charge in [0.1, 0.15) is 0 Å². The molecule has 0 heterocycles. The number of halogens is 4. The van der Waals surface area contributed by atoms with Crippen molar-refractivity contribution < 1.29 is 13.2 Å². The van der Waals surface area contributed by atoms with Crippen LogP contribution in [0.2, 0.25) is 0 Å². The summed E-state index contributed by atoms with van der Waals surface area (Å²) in [6.07, 6.45) is -3.50. The highest BCUT2D eigenvalue weighted by Gasteiger charge is 2.30. The number of nitrogens with two attached hydrogens (primary N) is 1. The fourth-order valence-corrected chi connectivity index (χ4v) is 2.45. The molecule has 0 saturated carbocycles. The Hall–Kier alpha value is -0.750. The van der Waals surface area contributed by atoms with Crippen molar-refractivity contribution in [2.24, 2.45) is 11.1 Å². The van der Waals surface area contributed by atoms with Crippen LogP contribution in [0, 0.1) is 5.41 Å². The molecule has 114 valence electrons. The second-order valence-electron chi connectivity index (χ2n) is 6.10. The van der Waals surface area contributed by atoms with Crippen molar-refractivity contribution in [3.63, 3.8) is 0 Å². The highest BCUT2D eigenvalue weighted by Crippen LogP contribution is 2.34. The van der Waals surface area contributed by atoms with Gasteiger partial charge in [-0.2, -0.15) is 13.2 Å². The maximum Gasteiger partial charge on any atom is 0.416 e. The molecule has 0 aliphatic rings. The topological polar surface area (TPSA) is 38.0 Å². The Morgan fingerprint density at radius 2 is 1.85 bits per heavy atom. The summed E-state index contributed by atoms with van der Waals surface area (Å²) >= 11 is 3.15. The second kappa shape index (κ2) is 6.35. The molecule has 2 nitrogen and oxygen atoms in total. The van der Waals surface area contributed by atoms with Crippen molar-refractivity contribution >= 4 is 21.6 Å². The van der Waals surface area contributed by atoms with Gasteiger partial charge in [-0.05, 0) is 46.0 Å². The summed E-state index contributed by atoms with van der Waals surface area (Å²) in [7, 11) is 0. The molecule has 0 amide bonds. The fraction of sp³-hybridized carbons (Fsp3) is 0.571. The molecule has 0 bridgehead atoms. The highest BCUT2D eigenvalue weighted by molar-refractivity contribution is 9.10. The lowest BCUT2D eigenvalue weighted by atomic mass is 9.88. The van der Waals surface area contributed by atoms with Gasteiger partial charge in [-0.15, -0.1) is 0 Å². The monoisotopic (exact) mass is 352 g/mol. The third-order valence-corrected chi connectivity index (χ3v) is 3.38. The Morgan fingerprint density at radius 3 is 2.30 bits per heavy atom. The zero-order valence-electron chi connectivity index (χ0n) is 11.8. The summed E-state index contributed by atoms with van der Waals surface area (Å²) in [6, 6.07) is 3.49. The molecule has 1 rings (SSSR count). The van der Waals surface area contributed by atoms with Gasteiger partial charge < -0.3 is 11.1 Å². The SMILES string of the molecule is CC(C)(C)CC(N)CNc1ccc(C(F)(F)F)cc1Br. The lowest BCUT2D eigenvalue weighted by Gasteiger charge is -2.24. The molecule has 0 aliphatic heterocycles. The molecule has 1 aromatic rings. The fourth-order valence-electron chi connectivity index (χ4n) is 1.93.